The summed E-state index contributed by atoms with van der Waals surface area (Å²) < 4.78 is 5.66. The molecule has 0 bridgehead atoms. The van der Waals surface area contributed by atoms with Crippen molar-refractivity contribution >= 4 is 5.82 Å². The van der Waals surface area contributed by atoms with Crippen LogP contribution in [0.3, 0.4) is 0 Å². The molecule has 104 valence electrons. The van der Waals surface area contributed by atoms with E-state index in [2.05, 4.69) is 41.2 Å². The van der Waals surface area contributed by atoms with Crippen LogP contribution in [-0.2, 0) is 11.3 Å². The summed E-state index contributed by atoms with van der Waals surface area (Å²) >= 11 is 0. The number of pyridine rings is 1. The maximum atomic E-state index is 5.66. The summed E-state index contributed by atoms with van der Waals surface area (Å²) in [5.74, 6) is 1.07. The second-order valence-electron chi connectivity index (χ2n) is 5.83. The lowest BCUT2D eigenvalue weighted by molar-refractivity contribution is 0.0340. The summed E-state index contributed by atoms with van der Waals surface area (Å²) in [6.45, 7) is 6.96. The molecule has 2 fully saturated rings. The molecule has 2 unspecified atom stereocenters. The van der Waals surface area contributed by atoms with E-state index in [1.165, 1.54) is 18.4 Å². The summed E-state index contributed by atoms with van der Waals surface area (Å²) in [4.78, 5) is 6.96. The third-order valence-electron chi connectivity index (χ3n) is 3.88. The van der Waals surface area contributed by atoms with E-state index in [9.17, 15) is 0 Å². The second-order valence-corrected chi connectivity index (χ2v) is 5.83. The van der Waals surface area contributed by atoms with Gasteiger partial charge in [0, 0.05) is 25.3 Å². The zero-order valence-electron chi connectivity index (χ0n) is 11.8. The number of anilines is 1. The molecule has 2 atom stereocenters. The van der Waals surface area contributed by atoms with Gasteiger partial charge in [-0.05, 0) is 38.3 Å². The molecule has 1 saturated heterocycles. The zero-order chi connectivity index (χ0) is 13.2. The van der Waals surface area contributed by atoms with E-state index in [1.807, 2.05) is 6.20 Å². The molecule has 0 radical (unpaired) electrons. The first kappa shape index (κ1) is 12.9. The molecule has 2 aliphatic rings. The van der Waals surface area contributed by atoms with E-state index in [0.29, 0.717) is 6.04 Å². The van der Waals surface area contributed by atoms with E-state index in [4.69, 9.17) is 4.74 Å². The molecule has 4 heteroatoms. The Morgan fingerprint density at radius 1 is 1.37 bits per heavy atom. The Balaban J connectivity index is 1.63. The SMILES string of the molecule is CC1CN(c2ccc(CNC3CC3)cn2)C(C)CO1. The molecule has 2 heterocycles. The van der Waals surface area contributed by atoms with E-state index in [-0.39, 0.29) is 6.10 Å². The smallest absolute Gasteiger partial charge is 0.128 e. The Morgan fingerprint density at radius 2 is 2.21 bits per heavy atom. The van der Waals surface area contributed by atoms with Crippen LogP contribution in [0.4, 0.5) is 5.82 Å². The molecule has 1 aromatic heterocycles. The van der Waals surface area contributed by atoms with Crippen molar-refractivity contribution in [3.63, 3.8) is 0 Å². The maximum absolute atomic E-state index is 5.66. The van der Waals surface area contributed by atoms with Crippen LogP contribution < -0.4 is 10.2 Å². The van der Waals surface area contributed by atoms with E-state index < -0.39 is 0 Å². The number of hydrogen-bond donors (Lipinski definition) is 1. The molecule has 1 saturated carbocycles. The Labute approximate surface area is 115 Å². The first-order valence-electron chi connectivity index (χ1n) is 7.29. The minimum absolute atomic E-state index is 0.286. The van der Waals surface area contributed by atoms with Crippen molar-refractivity contribution in [2.45, 2.75) is 51.4 Å². The standard InChI is InChI=1S/C15H23N3O/c1-11-10-19-12(2)9-18(11)15-6-3-13(8-17-15)7-16-14-4-5-14/h3,6,8,11-12,14,16H,4-5,7,9-10H2,1-2H3. The summed E-state index contributed by atoms with van der Waals surface area (Å²) in [5.41, 5.74) is 1.27. The van der Waals surface area contributed by atoms with Gasteiger partial charge in [-0.15, -0.1) is 0 Å². The summed E-state index contributed by atoms with van der Waals surface area (Å²) in [6.07, 6.45) is 4.94. The first-order chi connectivity index (χ1) is 9.22. The van der Waals surface area contributed by atoms with Gasteiger partial charge in [0.1, 0.15) is 5.82 Å². The number of hydrogen-bond acceptors (Lipinski definition) is 4. The van der Waals surface area contributed by atoms with Crippen LogP contribution in [0.25, 0.3) is 0 Å². The van der Waals surface area contributed by atoms with Crippen LogP contribution in [0.1, 0.15) is 32.3 Å². The fourth-order valence-corrected chi connectivity index (χ4v) is 2.46. The monoisotopic (exact) mass is 261 g/mol. The average Bonchev–Trinajstić information content (AvgIpc) is 3.24. The lowest BCUT2D eigenvalue weighted by Crippen LogP contribution is -2.47. The van der Waals surface area contributed by atoms with E-state index in [0.717, 1.165) is 31.6 Å². The number of nitrogens with one attached hydrogen (secondary N) is 1. The second kappa shape index (κ2) is 5.47. The summed E-state index contributed by atoms with van der Waals surface area (Å²) in [6, 6.07) is 5.47. The van der Waals surface area contributed by atoms with E-state index in [1.54, 1.807) is 0 Å². The average molecular weight is 261 g/mol. The van der Waals surface area contributed by atoms with Crippen molar-refractivity contribution in [3.05, 3.63) is 23.9 Å². The Bertz CT molecular complexity index is 416. The molecular weight excluding hydrogens is 238 g/mol. The molecular formula is C15H23N3O. The van der Waals surface area contributed by atoms with Crippen molar-refractivity contribution in [2.24, 2.45) is 0 Å². The predicted molar refractivity (Wildman–Crippen MR) is 76.3 cm³/mol. The molecule has 1 aliphatic carbocycles. The molecule has 1 N–H and O–H groups in total. The molecule has 0 aromatic carbocycles. The summed E-state index contributed by atoms with van der Waals surface area (Å²) in [5, 5.41) is 3.51. The van der Waals surface area contributed by atoms with Gasteiger partial charge in [-0.25, -0.2) is 4.98 Å². The van der Waals surface area contributed by atoms with Gasteiger partial charge in [-0.3, -0.25) is 0 Å². The molecule has 1 aliphatic heterocycles. The number of ether oxygens (including phenoxy) is 1. The third kappa shape index (κ3) is 3.25. The van der Waals surface area contributed by atoms with Crippen LogP contribution in [0.15, 0.2) is 18.3 Å². The highest BCUT2D eigenvalue weighted by molar-refractivity contribution is 5.41. The van der Waals surface area contributed by atoms with Gasteiger partial charge in [0.2, 0.25) is 0 Å². The van der Waals surface area contributed by atoms with Crippen molar-refractivity contribution < 1.29 is 4.74 Å². The van der Waals surface area contributed by atoms with Gasteiger partial charge < -0.3 is 15.0 Å². The van der Waals surface area contributed by atoms with E-state index >= 15 is 0 Å². The third-order valence-corrected chi connectivity index (χ3v) is 3.88. The fraction of sp³-hybridized carbons (Fsp3) is 0.667. The van der Waals surface area contributed by atoms with Crippen molar-refractivity contribution in [1.29, 1.82) is 0 Å². The van der Waals surface area contributed by atoms with Crippen LogP contribution in [0, 0.1) is 0 Å². The van der Waals surface area contributed by atoms with Gasteiger partial charge in [0.25, 0.3) is 0 Å². The van der Waals surface area contributed by atoms with Crippen molar-refractivity contribution in [3.8, 4) is 0 Å². The van der Waals surface area contributed by atoms with Gasteiger partial charge >= 0.3 is 0 Å². The van der Waals surface area contributed by atoms with Gasteiger partial charge in [0.05, 0.1) is 18.8 Å². The molecule has 0 amide bonds. The molecule has 4 nitrogen and oxygen atoms in total. The maximum Gasteiger partial charge on any atom is 0.128 e. The minimum atomic E-state index is 0.286. The van der Waals surface area contributed by atoms with Gasteiger partial charge in [-0.2, -0.15) is 0 Å². The quantitative estimate of drug-likeness (QED) is 0.899. The number of morpholine rings is 1. The summed E-state index contributed by atoms with van der Waals surface area (Å²) in [7, 11) is 0. The number of rotatable bonds is 4. The van der Waals surface area contributed by atoms with Gasteiger partial charge in [-0.1, -0.05) is 6.07 Å². The van der Waals surface area contributed by atoms with Crippen molar-refractivity contribution in [1.82, 2.24) is 10.3 Å². The Kier molecular flexibility index (Phi) is 3.71. The Hall–Kier alpha value is -1.13. The Morgan fingerprint density at radius 3 is 2.89 bits per heavy atom. The lowest BCUT2D eigenvalue weighted by Gasteiger charge is -2.37. The first-order valence-corrected chi connectivity index (χ1v) is 7.29. The normalized spacial score (nSPS) is 27.6. The fourth-order valence-electron chi connectivity index (χ4n) is 2.46. The number of nitrogens with zero attached hydrogens (tertiary/aromatic N) is 2. The highest BCUT2D eigenvalue weighted by Crippen LogP contribution is 2.21. The number of aromatic nitrogens is 1. The minimum Gasteiger partial charge on any atom is -0.375 e. The highest BCUT2D eigenvalue weighted by Gasteiger charge is 2.24. The van der Waals surface area contributed by atoms with Crippen molar-refractivity contribution in [2.75, 3.05) is 18.1 Å². The van der Waals surface area contributed by atoms with Crippen LogP contribution >= 0.6 is 0 Å². The molecule has 3 rings (SSSR count). The molecule has 0 spiro atoms. The van der Waals surface area contributed by atoms with Crippen LogP contribution in [-0.4, -0.2) is 36.3 Å². The van der Waals surface area contributed by atoms with Crippen LogP contribution in [0.2, 0.25) is 0 Å². The zero-order valence-corrected chi connectivity index (χ0v) is 11.8. The largest absolute Gasteiger partial charge is 0.375 e. The topological polar surface area (TPSA) is 37.4 Å². The highest BCUT2D eigenvalue weighted by atomic mass is 16.5. The molecule has 19 heavy (non-hydrogen) atoms. The molecule has 1 aromatic rings. The lowest BCUT2D eigenvalue weighted by atomic mass is 10.2. The van der Waals surface area contributed by atoms with Crippen LogP contribution in [0.5, 0.6) is 0 Å². The van der Waals surface area contributed by atoms with Gasteiger partial charge in [0.15, 0.2) is 0 Å². The predicted octanol–water partition coefficient (Wildman–Crippen LogP) is 1.95.